The first kappa shape index (κ1) is 14.7. The summed E-state index contributed by atoms with van der Waals surface area (Å²) in [6.45, 7) is 5.23. The summed E-state index contributed by atoms with van der Waals surface area (Å²) in [5.41, 5.74) is 7.14. The highest BCUT2D eigenvalue weighted by molar-refractivity contribution is 8.00. The molecule has 0 radical (unpaired) electrons. The number of anilines is 1. The predicted octanol–water partition coefficient (Wildman–Crippen LogP) is 2.26. The number of nitrogens with two attached hydrogens (primary N) is 1. The molecule has 7 heteroatoms. The minimum Gasteiger partial charge on any atom is -0.399 e. The van der Waals surface area contributed by atoms with Crippen molar-refractivity contribution in [1.82, 2.24) is 9.29 Å². The van der Waals surface area contributed by atoms with E-state index in [1.54, 1.807) is 28.7 Å². The molecule has 2 aromatic rings. The maximum Gasteiger partial charge on any atom is 0.245 e. The molecule has 2 heterocycles. The van der Waals surface area contributed by atoms with E-state index in [-0.39, 0.29) is 0 Å². The number of rotatable bonds is 2. The molecule has 1 saturated heterocycles. The van der Waals surface area contributed by atoms with E-state index in [4.69, 9.17) is 5.73 Å². The van der Waals surface area contributed by atoms with Crippen molar-refractivity contribution in [2.45, 2.75) is 29.2 Å². The van der Waals surface area contributed by atoms with E-state index in [1.807, 2.05) is 11.8 Å². The maximum atomic E-state index is 12.9. The quantitative estimate of drug-likeness (QED) is 0.830. The van der Waals surface area contributed by atoms with Crippen molar-refractivity contribution in [3.05, 3.63) is 24.4 Å². The van der Waals surface area contributed by atoms with Gasteiger partial charge in [-0.3, -0.25) is 0 Å². The van der Waals surface area contributed by atoms with Crippen LogP contribution < -0.4 is 5.73 Å². The van der Waals surface area contributed by atoms with Gasteiger partial charge in [-0.1, -0.05) is 13.8 Å². The third kappa shape index (κ3) is 2.65. The van der Waals surface area contributed by atoms with Crippen molar-refractivity contribution in [2.24, 2.45) is 0 Å². The van der Waals surface area contributed by atoms with Crippen LogP contribution in [-0.2, 0) is 10.0 Å². The first-order valence-electron chi connectivity index (χ1n) is 6.90. The molecule has 114 valence electrons. The number of aromatic amines is 1. The summed E-state index contributed by atoms with van der Waals surface area (Å²) < 4.78 is 27.4. The van der Waals surface area contributed by atoms with Crippen LogP contribution in [0.15, 0.2) is 29.3 Å². The Morgan fingerprint density at radius 1 is 1.29 bits per heavy atom. The molecule has 0 spiro atoms. The second-order valence-corrected chi connectivity index (χ2v) is 9.33. The van der Waals surface area contributed by atoms with Crippen molar-refractivity contribution >= 4 is 38.4 Å². The Kier molecular flexibility index (Phi) is 3.67. The Morgan fingerprint density at radius 3 is 2.62 bits per heavy atom. The fraction of sp³-hybridized carbons (Fsp3) is 0.429. The summed E-state index contributed by atoms with van der Waals surface area (Å²) in [4.78, 5) is 3.33. The SMILES string of the molecule is CC1CN(S(=O)(=O)c2c[nH]c3ccc(N)cc23)CC(C)S1. The molecule has 3 N–H and O–H groups in total. The van der Waals surface area contributed by atoms with Crippen LogP contribution >= 0.6 is 11.8 Å². The lowest BCUT2D eigenvalue weighted by atomic mass is 10.2. The number of nitrogens with zero attached hydrogens (tertiary/aromatic N) is 1. The number of H-pyrrole nitrogens is 1. The van der Waals surface area contributed by atoms with E-state index >= 15 is 0 Å². The molecule has 0 bridgehead atoms. The first-order valence-corrected chi connectivity index (χ1v) is 9.28. The van der Waals surface area contributed by atoms with Crippen LogP contribution in [0.1, 0.15) is 13.8 Å². The van der Waals surface area contributed by atoms with Crippen LogP contribution in [0.2, 0.25) is 0 Å². The molecule has 1 aliphatic rings. The molecule has 1 aromatic carbocycles. The molecular formula is C14H19N3O2S2. The molecule has 1 aromatic heterocycles. The van der Waals surface area contributed by atoms with Gasteiger partial charge in [-0.25, -0.2) is 8.42 Å². The molecule has 2 atom stereocenters. The molecule has 1 fully saturated rings. The minimum atomic E-state index is -3.49. The number of thioether (sulfide) groups is 1. The standard InChI is InChI=1S/C14H19N3O2S2/c1-9-7-17(8-10(2)20-9)21(18,19)14-6-16-13-4-3-11(15)5-12(13)14/h3-6,9-10,16H,7-8,15H2,1-2H3. The van der Waals surface area contributed by atoms with Crippen molar-refractivity contribution in [2.75, 3.05) is 18.8 Å². The number of benzene rings is 1. The van der Waals surface area contributed by atoms with Gasteiger partial charge in [0.2, 0.25) is 10.0 Å². The van der Waals surface area contributed by atoms with Gasteiger partial charge < -0.3 is 10.7 Å². The highest BCUT2D eigenvalue weighted by atomic mass is 32.2. The van der Waals surface area contributed by atoms with Crippen molar-refractivity contribution < 1.29 is 8.42 Å². The van der Waals surface area contributed by atoms with Gasteiger partial charge in [0.1, 0.15) is 4.90 Å². The largest absolute Gasteiger partial charge is 0.399 e. The summed E-state index contributed by atoms with van der Waals surface area (Å²) in [5, 5.41) is 1.27. The zero-order valence-electron chi connectivity index (χ0n) is 12.0. The maximum absolute atomic E-state index is 12.9. The average molecular weight is 325 g/mol. The number of sulfonamides is 1. The van der Waals surface area contributed by atoms with Gasteiger partial charge in [0.05, 0.1) is 0 Å². The second kappa shape index (κ2) is 5.23. The molecule has 0 saturated carbocycles. The second-order valence-electron chi connectivity index (χ2n) is 5.54. The zero-order valence-corrected chi connectivity index (χ0v) is 13.7. The number of nitrogen functional groups attached to an aromatic ring is 1. The summed E-state index contributed by atoms with van der Waals surface area (Å²) in [7, 11) is -3.49. The molecular weight excluding hydrogens is 306 g/mol. The van der Waals surface area contributed by atoms with E-state index in [0.29, 0.717) is 39.6 Å². The molecule has 3 rings (SSSR count). The van der Waals surface area contributed by atoms with Crippen LogP contribution in [0.4, 0.5) is 5.69 Å². The smallest absolute Gasteiger partial charge is 0.245 e. The Hall–Kier alpha value is -1.18. The summed E-state index contributed by atoms with van der Waals surface area (Å²) >= 11 is 1.83. The van der Waals surface area contributed by atoms with Gasteiger partial charge in [0, 0.05) is 46.4 Å². The van der Waals surface area contributed by atoms with Gasteiger partial charge in [0.15, 0.2) is 0 Å². The van der Waals surface area contributed by atoms with Gasteiger partial charge in [-0.05, 0) is 18.2 Å². The Bertz CT molecular complexity index is 760. The fourth-order valence-electron chi connectivity index (χ4n) is 2.79. The van der Waals surface area contributed by atoms with Crippen molar-refractivity contribution in [1.29, 1.82) is 0 Å². The van der Waals surface area contributed by atoms with Crippen molar-refractivity contribution in [3.8, 4) is 0 Å². The number of nitrogens with one attached hydrogen (secondary N) is 1. The molecule has 1 aliphatic heterocycles. The van der Waals surface area contributed by atoms with Crippen molar-refractivity contribution in [3.63, 3.8) is 0 Å². The Balaban J connectivity index is 2.06. The average Bonchev–Trinajstić information content (AvgIpc) is 2.81. The highest BCUT2D eigenvalue weighted by Gasteiger charge is 2.33. The van der Waals surface area contributed by atoms with E-state index in [9.17, 15) is 8.42 Å². The van der Waals surface area contributed by atoms with Gasteiger partial charge in [-0.15, -0.1) is 0 Å². The normalized spacial score (nSPS) is 24.5. The predicted molar refractivity (Wildman–Crippen MR) is 88.0 cm³/mol. The lowest BCUT2D eigenvalue weighted by Crippen LogP contribution is -2.43. The van der Waals surface area contributed by atoms with E-state index in [0.717, 1.165) is 5.52 Å². The monoisotopic (exact) mass is 325 g/mol. The summed E-state index contributed by atoms with van der Waals surface area (Å²) in [6.07, 6.45) is 1.57. The Morgan fingerprint density at radius 2 is 1.95 bits per heavy atom. The third-order valence-electron chi connectivity index (χ3n) is 3.67. The minimum absolute atomic E-state index is 0.304. The lowest BCUT2D eigenvalue weighted by Gasteiger charge is -2.33. The highest BCUT2D eigenvalue weighted by Crippen LogP contribution is 2.32. The van der Waals surface area contributed by atoms with Crippen LogP contribution in [-0.4, -0.2) is 41.3 Å². The van der Waals surface area contributed by atoms with Crippen LogP contribution in [0.25, 0.3) is 10.9 Å². The zero-order chi connectivity index (χ0) is 15.2. The number of hydrogen-bond acceptors (Lipinski definition) is 4. The molecule has 2 unspecified atom stereocenters. The number of aromatic nitrogens is 1. The van der Waals surface area contributed by atoms with Crippen LogP contribution in [0.5, 0.6) is 0 Å². The third-order valence-corrected chi connectivity index (χ3v) is 6.77. The molecule has 0 aliphatic carbocycles. The van der Waals surface area contributed by atoms with E-state index in [1.165, 1.54) is 0 Å². The van der Waals surface area contributed by atoms with E-state index in [2.05, 4.69) is 18.8 Å². The number of fused-ring (bicyclic) bond motifs is 1. The topological polar surface area (TPSA) is 79.2 Å². The fourth-order valence-corrected chi connectivity index (χ4v) is 6.08. The van der Waals surface area contributed by atoms with Gasteiger partial charge >= 0.3 is 0 Å². The molecule has 21 heavy (non-hydrogen) atoms. The van der Waals surface area contributed by atoms with Crippen LogP contribution in [0, 0.1) is 0 Å². The van der Waals surface area contributed by atoms with Gasteiger partial charge in [0.25, 0.3) is 0 Å². The molecule has 0 amide bonds. The summed E-state index contributed by atoms with van der Waals surface area (Å²) in [6, 6.07) is 5.28. The van der Waals surface area contributed by atoms with Crippen LogP contribution in [0.3, 0.4) is 0 Å². The Labute approximate surface area is 128 Å². The van der Waals surface area contributed by atoms with Gasteiger partial charge in [-0.2, -0.15) is 16.1 Å². The molecule has 5 nitrogen and oxygen atoms in total. The number of hydrogen-bond donors (Lipinski definition) is 2. The lowest BCUT2D eigenvalue weighted by molar-refractivity contribution is 0.405. The van der Waals surface area contributed by atoms with E-state index < -0.39 is 10.0 Å². The summed E-state index contributed by atoms with van der Waals surface area (Å²) in [5.74, 6) is 0. The first-order chi connectivity index (χ1) is 9.88.